The highest BCUT2D eigenvalue weighted by Crippen LogP contribution is 2.25. The molecule has 1 aliphatic heterocycles. The zero-order valence-electron chi connectivity index (χ0n) is 16.1. The fourth-order valence-corrected chi connectivity index (χ4v) is 3.00. The van der Waals surface area contributed by atoms with E-state index in [-0.39, 0.29) is 5.41 Å². The van der Waals surface area contributed by atoms with E-state index in [9.17, 15) is 0 Å². The number of nitrogens with zero attached hydrogens (tertiary/aromatic N) is 8. The van der Waals surface area contributed by atoms with Gasteiger partial charge in [0.05, 0.1) is 24.1 Å². The lowest BCUT2D eigenvalue weighted by atomic mass is 9.92. The summed E-state index contributed by atoms with van der Waals surface area (Å²) in [4.78, 5) is 13.4. The van der Waals surface area contributed by atoms with Crippen molar-refractivity contribution in [2.45, 2.75) is 32.2 Å². The van der Waals surface area contributed by atoms with Crippen LogP contribution in [0.5, 0.6) is 0 Å². The molecular weight excluding hydrogens is 340 g/mol. The van der Waals surface area contributed by atoms with E-state index in [1.807, 2.05) is 19.3 Å². The molecule has 0 amide bonds. The van der Waals surface area contributed by atoms with Crippen LogP contribution in [0.4, 0.5) is 11.6 Å². The molecule has 0 aliphatic carbocycles. The summed E-state index contributed by atoms with van der Waals surface area (Å²) in [7, 11) is 2.05. The fourth-order valence-electron chi connectivity index (χ4n) is 3.00. The second-order valence-corrected chi connectivity index (χ2v) is 7.88. The van der Waals surface area contributed by atoms with Crippen molar-refractivity contribution in [1.29, 1.82) is 0 Å². The standard InChI is InChI=1S/C19H24N8/c1-19(2,3)15-6-7-16(24-23-15)26-12-14(13-26)25(4)17-10-20-11-18(22-17)27-9-5-8-21-27/h5-11,14H,12-13H2,1-4H3. The van der Waals surface area contributed by atoms with Gasteiger partial charge < -0.3 is 9.80 Å². The first-order valence-electron chi connectivity index (χ1n) is 9.06. The molecule has 0 unspecified atom stereocenters. The van der Waals surface area contributed by atoms with Crippen molar-refractivity contribution in [2.24, 2.45) is 0 Å². The van der Waals surface area contributed by atoms with Gasteiger partial charge in [-0.25, -0.2) is 9.67 Å². The van der Waals surface area contributed by atoms with Crippen molar-refractivity contribution in [2.75, 3.05) is 29.9 Å². The molecule has 4 rings (SSSR count). The van der Waals surface area contributed by atoms with Gasteiger partial charge in [0.1, 0.15) is 5.82 Å². The summed E-state index contributed by atoms with van der Waals surface area (Å²) in [5.74, 6) is 2.47. The van der Waals surface area contributed by atoms with Crippen LogP contribution < -0.4 is 9.80 Å². The highest BCUT2D eigenvalue weighted by molar-refractivity contribution is 5.48. The largest absolute Gasteiger partial charge is 0.352 e. The molecule has 140 valence electrons. The number of aromatic nitrogens is 6. The van der Waals surface area contributed by atoms with Crippen LogP contribution in [0.2, 0.25) is 0 Å². The lowest BCUT2D eigenvalue weighted by Crippen LogP contribution is -2.59. The minimum atomic E-state index is 0.0154. The van der Waals surface area contributed by atoms with E-state index in [0.717, 1.165) is 30.4 Å². The molecule has 0 N–H and O–H groups in total. The van der Waals surface area contributed by atoms with Gasteiger partial charge in [0, 0.05) is 37.9 Å². The number of rotatable bonds is 4. The number of anilines is 2. The lowest BCUT2D eigenvalue weighted by molar-refractivity contribution is 0.484. The van der Waals surface area contributed by atoms with Gasteiger partial charge in [0.15, 0.2) is 11.6 Å². The van der Waals surface area contributed by atoms with E-state index in [1.54, 1.807) is 23.3 Å². The van der Waals surface area contributed by atoms with Crippen LogP contribution in [0.3, 0.4) is 0 Å². The molecule has 8 heteroatoms. The third-order valence-electron chi connectivity index (χ3n) is 4.86. The monoisotopic (exact) mass is 364 g/mol. The Labute approximate surface area is 158 Å². The lowest BCUT2D eigenvalue weighted by Gasteiger charge is -2.44. The molecule has 0 atom stereocenters. The molecule has 0 saturated carbocycles. The summed E-state index contributed by atoms with van der Waals surface area (Å²) in [6, 6.07) is 6.35. The average Bonchev–Trinajstić information content (AvgIpc) is 3.15. The molecule has 0 bridgehead atoms. The van der Waals surface area contributed by atoms with Gasteiger partial charge in [-0.05, 0) is 18.2 Å². The molecule has 1 fully saturated rings. The highest BCUT2D eigenvalue weighted by Gasteiger charge is 2.32. The first-order chi connectivity index (χ1) is 12.9. The molecule has 1 saturated heterocycles. The third-order valence-corrected chi connectivity index (χ3v) is 4.86. The molecule has 3 aromatic rings. The minimum Gasteiger partial charge on any atom is -0.352 e. The summed E-state index contributed by atoms with van der Waals surface area (Å²) < 4.78 is 1.71. The summed E-state index contributed by atoms with van der Waals surface area (Å²) in [5.41, 5.74) is 1.02. The molecule has 8 nitrogen and oxygen atoms in total. The number of hydrogen-bond acceptors (Lipinski definition) is 7. The van der Waals surface area contributed by atoms with E-state index in [2.05, 4.69) is 68.0 Å². The predicted octanol–water partition coefficient (Wildman–Crippen LogP) is 2.07. The zero-order chi connectivity index (χ0) is 19.0. The maximum Gasteiger partial charge on any atom is 0.173 e. The molecule has 0 spiro atoms. The topological polar surface area (TPSA) is 75.9 Å². The van der Waals surface area contributed by atoms with E-state index < -0.39 is 0 Å². The van der Waals surface area contributed by atoms with Crippen LogP contribution in [-0.2, 0) is 5.41 Å². The second-order valence-electron chi connectivity index (χ2n) is 7.88. The molecule has 4 heterocycles. The Bertz CT molecular complexity index is 892. The fraction of sp³-hybridized carbons (Fsp3) is 0.421. The second kappa shape index (κ2) is 6.61. The van der Waals surface area contributed by atoms with Crippen LogP contribution >= 0.6 is 0 Å². The van der Waals surface area contributed by atoms with E-state index >= 15 is 0 Å². The van der Waals surface area contributed by atoms with Crippen LogP contribution in [0.25, 0.3) is 5.82 Å². The quantitative estimate of drug-likeness (QED) is 0.701. The van der Waals surface area contributed by atoms with Crippen LogP contribution in [0.15, 0.2) is 43.0 Å². The summed E-state index contributed by atoms with van der Waals surface area (Å²) in [6.07, 6.45) is 7.09. The van der Waals surface area contributed by atoms with Crippen molar-refractivity contribution in [3.8, 4) is 5.82 Å². The first-order valence-corrected chi connectivity index (χ1v) is 9.06. The third kappa shape index (κ3) is 3.47. The van der Waals surface area contributed by atoms with Crippen molar-refractivity contribution >= 4 is 11.6 Å². The van der Waals surface area contributed by atoms with Gasteiger partial charge >= 0.3 is 0 Å². The zero-order valence-corrected chi connectivity index (χ0v) is 16.1. The van der Waals surface area contributed by atoms with Crippen LogP contribution in [0.1, 0.15) is 26.5 Å². The molecule has 3 aromatic heterocycles. The number of likely N-dealkylation sites (N-methyl/N-ethyl adjacent to an activating group) is 1. The van der Waals surface area contributed by atoms with E-state index in [0.29, 0.717) is 11.9 Å². The minimum absolute atomic E-state index is 0.0154. The predicted molar refractivity (Wildman–Crippen MR) is 104 cm³/mol. The van der Waals surface area contributed by atoms with E-state index in [1.165, 1.54) is 0 Å². The molecule has 0 radical (unpaired) electrons. The molecule has 1 aliphatic rings. The first kappa shape index (κ1) is 17.4. The van der Waals surface area contributed by atoms with Crippen molar-refractivity contribution < 1.29 is 0 Å². The maximum absolute atomic E-state index is 4.67. The SMILES string of the molecule is CN(c1cncc(-n2cccn2)n1)C1CN(c2ccc(C(C)(C)C)nn2)C1. The Balaban J connectivity index is 1.41. The van der Waals surface area contributed by atoms with Gasteiger partial charge in [-0.2, -0.15) is 10.2 Å². The smallest absolute Gasteiger partial charge is 0.173 e. The van der Waals surface area contributed by atoms with Crippen LogP contribution in [0, 0.1) is 0 Å². The summed E-state index contributed by atoms with van der Waals surface area (Å²) in [5, 5.41) is 13.0. The maximum atomic E-state index is 4.67. The number of hydrogen-bond donors (Lipinski definition) is 0. The Morgan fingerprint density at radius 3 is 2.52 bits per heavy atom. The van der Waals surface area contributed by atoms with Gasteiger partial charge in [0.25, 0.3) is 0 Å². The highest BCUT2D eigenvalue weighted by atomic mass is 15.4. The van der Waals surface area contributed by atoms with Crippen molar-refractivity contribution in [3.05, 3.63) is 48.7 Å². The van der Waals surface area contributed by atoms with Crippen molar-refractivity contribution in [1.82, 2.24) is 29.9 Å². The Morgan fingerprint density at radius 1 is 1.07 bits per heavy atom. The molecule has 27 heavy (non-hydrogen) atoms. The van der Waals surface area contributed by atoms with Gasteiger partial charge in [-0.15, -0.1) is 5.10 Å². The summed E-state index contributed by atoms with van der Waals surface area (Å²) in [6.45, 7) is 8.19. The van der Waals surface area contributed by atoms with Gasteiger partial charge in [-0.3, -0.25) is 4.98 Å². The van der Waals surface area contributed by atoms with Gasteiger partial charge in [0.2, 0.25) is 0 Å². The Morgan fingerprint density at radius 2 is 1.89 bits per heavy atom. The normalized spacial score (nSPS) is 14.9. The van der Waals surface area contributed by atoms with Crippen molar-refractivity contribution in [3.63, 3.8) is 0 Å². The summed E-state index contributed by atoms with van der Waals surface area (Å²) >= 11 is 0. The van der Waals surface area contributed by atoms with Crippen LogP contribution in [-0.4, -0.2) is 56.1 Å². The Hall–Kier alpha value is -3.03. The molecular formula is C19H24N8. The molecule has 0 aromatic carbocycles. The average molecular weight is 364 g/mol. The van der Waals surface area contributed by atoms with E-state index in [4.69, 9.17) is 0 Å². The van der Waals surface area contributed by atoms with Gasteiger partial charge in [-0.1, -0.05) is 20.8 Å². The Kier molecular flexibility index (Phi) is 4.25.